The number of hydrogen-bond acceptors (Lipinski definition) is 6. The number of aromatic nitrogens is 2. The van der Waals surface area contributed by atoms with Crippen LogP contribution in [0, 0.1) is 0 Å². The molecule has 6 nitrogen and oxygen atoms in total. The van der Waals surface area contributed by atoms with E-state index in [9.17, 15) is 14.7 Å². The predicted octanol–water partition coefficient (Wildman–Crippen LogP) is 3.03. The van der Waals surface area contributed by atoms with Gasteiger partial charge in [0, 0.05) is 6.21 Å². The number of aliphatic imine (C=N–C) groups is 1. The van der Waals surface area contributed by atoms with E-state index in [1.54, 1.807) is 0 Å². The number of thiazole rings is 1. The normalized spacial score (nSPS) is 13.0. The third-order valence-electron chi connectivity index (χ3n) is 3.32. The Bertz CT molecular complexity index is 1040. The number of ketones is 1. The predicted molar refractivity (Wildman–Crippen MR) is 91.0 cm³/mol. The van der Waals surface area contributed by atoms with Crippen LogP contribution >= 0.6 is 11.3 Å². The molecule has 0 fully saturated rings. The highest BCUT2D eigenvalue weighted by molar-refractivity contribution is 7.23. The molecular formula is C16H13N3O3S. The van der Waals surface area contributed by atoms with Crippen LogP contribution in [0.4, 0.5) is 5.69 Å². The topological polar surface area (TPSA) is 84.0 Å². The summed E-state index contributed by atoms with van der Waals surface area (Å²) >= 11 is 1.42. The molecule has 0 aliphatic rings. The van der Waals surface area contributed by atoms with Gasteiger partial charge >= 0.3 is 0 Å². The summed E-state index contributed by atoms with van der Waals surface area (Å²) in [5.41, 5.74) is 0.612. The molecule has 1 N–H and O–H groups in total. The number of aliphatic hydroxyl groups is 1. The van der Waals surface area contributed by atoms with E-state index < -0.39 is 0 Å². The fourth-order valence-electron chi connectivity index (χ4n) is 2.20. The van der Waals surface area contributed by atoms with Crippen LogP contribution < -0.4 is 5.56 Å². The van der Waals surface area contributed by atoms with Gasteiger partial charge in [0.2, 0.25) is 0 Å². The Morgan fingerprint density at radius 1 is 1.35 bits per heavy atom. The quantitative estimate of drug-likeness (QED) is 0.455. The Morgan fingerprint density at radius 3 is 2.78 bits per heavy atom. The summed E-state index contributed by atoms with van der Waals surface area (Å²) in [6.07, 6.45) is 2.56. The molecule has 7 heteroatoms. The van der Waals surface area contributed by atoms with Crippen LogP contribution in [0.25, 0.3) is 15.2 Å². The molecule has 23 heavy (non-hydrogen) atoms. The molecule has 0 saturated heterocycles. The zero-order chi connectivity index (χ0) is 16.6. The highest BCUT2D eigenvalue weighted by Gasteiger charge is 2.11. The number of benzene rings is 1. The van der Waals surface area contributed by atoms with E-state index >= 15 is 0 Å². The summed E-state index contributed by atoms with van der Waals surface area (Å²) in [6, 6.07) is 7.51. The number of allylic oxidation sites excluding steroid dienone is 2. The molecule has 2 aromatic heterocycles. The van der Waals surface area contributed by atoms with E-state index in [-0.39, 0.29) is 28.4 Å². The fraction of sp³-hybridized carbons (Fsp3) is 0.125. The van der Waals surface area contributed by atoms with Gasteiger partial charge in [-0.2, -0.15) is 0 Å². The van der Waals surface area contributed by atoms with Crippen LogP contribution in [-0.4, -0.2) is 26.5 Å². The summed E-state index contributed by atoms with van der Waals surface area (Å²) in [5.74, 6) is -0.472. The Labute approximate surface area is 135 Å². The molecule has 0 aliphatic heterocycles. The first kappa shape index (κ1) is 15.1. The number of fused-ring (bicyclic) bond motifs is 3. The Kier molecular flexibility index (Phi) is 3.79. The lowest BCUT2D eigenvalue weighted by Gasteiger charge is -1.99. The maximum absolute atomic E-state index is 12.6. The minimum atomic E-state index is -0.330. The zero-order valence-electron chi connectivity index (χ0n) is 12.5. The van der Waals surface area contributed by atoms with Crippen LogP contribution in [0.1, 0.15) is 13.8 Å². The summed E-state index contributed by atoms with van der Waals surface area (Å²) in [5, 5.41) is 9.48. The number of para-hydroxylation sites is 1. The molecule has 0 bridgehead atoms. The monoisotopic (exact) mass is 327 g/mol. The van der Waals surface area contributed by atoms with Crippen LogP contribution in [0.2, 0.25) is 0 Å². The maximum Gasteiger partial charge on any atom is 0.284 e. The van der Waals surface area contributed by atoms with Crippen molar-refractivity contribution in [2.24, 2.45) is 4.99 Å². The van der Waals surface area contributed by atoms with E-state index in [2.05, 4.69) is 9.98 Å². The summed E-state index contributed by atoms with van der Waals surface area (Å²) in [6.45, 7) is 2.71. The minimum Gasteiger partial charge on any atom is -0.512 e. The van der Waals surface area contributed by atoms with E-state index in [4.69, 9.17) is 0 Å². The van der Waals surface area contributed by atoms with Gasteiger partial charge in [-0.05, 0) is 26.0 Å². The number of rotatable bonds is 3. The molecule has 0 saturated carbocycles. The van der Waals surface area contributed by atoms with Gasteiger partial charge in [-0.3, -0.25) is 9.59 Å². The number of nitrogens with zero attached hydrogens (tertiary/aromatic N) is 3. The van der Waals surface area contributed by atoms with Crippen LogP contribution in [-0.2, 0) is 4.79 Å². The Balaban J connectivity index is 2.18. The van der Waals surface area contributed by atoms with E-state index in [1.165, 1.54) is 42.0 Å². The minimum absolute atomic E-state index is 0.0599. The third kappa shape index (κ3) is 2.66. The standard InChI is InChI=1S/C16H13N3O3S/c1-9(20)11(10(2)21)7-17-12-8-18-16-19(15(12)22)13-5-3-4-6-14(13)23-16/h3-8,20H,1-2H3/b11-9+,17-7?. The van der Waals surface area contributed by atoms with Crippen molar-refractivity contribution in [1.29, 1.82) is 0 Å². The summed E-state index contributed by atoms with van der Waals surface area (Å²) in [4.78, 5) is 32.9. The van der Waals surface area contributed by atoms with Crippen molar-refractivity contribution in [3.05, 3.63) is 52.1 Å². The summed E-state index contributed by atoms with van der Waals surface area (Å²) < 4.78 is 2.45. The molecule has 2 heterocycles. The number of Topliss-reactive ketones (excluding diaryl/α,β-unsaturated/α-hetero) is 1. The van der Waals surface area contributed by atoms with Gasteiger partial charge in [0.05, 0.1) is 22.0 Å². The van der Waals surface area contributed by atoms with Gasteiger partial charge in [0.1, 0.15) is 11.4 Å². The highest BCUT2D eigenvalue weighted by atomic mass is 32.1. The lowest BCUT2D eigenvalue weighted by atomic mass is 10.2. The number of carbonyl (C=O) groups excluding carboxylic acids is 1. The second-order valence-corrected chi connectivity index (χ2v) is 5.96. The van der Waals surface area contributed by atoms with E-state index in [1.807, 2.05) is 24.3 Å². The van der Waals surface area contributed by atoms with E-state index in [0.717, 1.165) is 10.2 Å². The largest absolute Gasteiger partial charge is 0.512 e. The van der Waals surface area contributed by atoms with Gasteiger partial charge in [-0.25, -0.2) is 14.4 Å². The van der Waals surface area contributed by atoms with Crippen molar-refractivity contribution < 1.29 is 9.90 Å². The van der Waals surface area contributed by atoms with Crippen molar-refractivity contribution in [2.75, 3.05) is 0 Å². The zero-order valence-corrected chi connectivity index (χ0v) is 13.3. The smallest absolute Gasteiger partial charge is 0.284 e. The van der Waals surface area contributed by atoms with Crippen LogP contribution in [0.15, 0.2) is 51.6 Å². The van der Waals surface area contributed by atoms with Crippen molar-refractivity contribution >= 4 is 44.2 Å². The van der Waals surface area contributed by atoms with Gasteiger partial charge in [0.15, 0.2) is 10.7 Å². The fourth-order valence-corrected chi connectivity index (χ4v) is 3.19. The molecule has 3 aromatic rings. The van der Waals surface area contributed by atoms with E-state index in [0.29, 0.717) is 4.96 Å². The van der Waals surface area contributed by atoms with Gasteiger partial charge in [0.25, 0.3) is 5.56 Å². The molecule has 0 spiro atoms. The molecular weight excluding hydrogens is 314 g/mol. The van der Waals surface area contributed by atoms with Crippen molar-refractivity contribution in [1.82, 2.24) is 9.38 Å². The number of hydrogen-bond donors (Lipinski definition) is 1. The summed E-state index contributed by atoms with van der Waals surface area (Å²) in [7, 11) is 0. The first-order valence-corrected chi connectivity index (χ1v) is 7.65. The van der Waals surface area contributed by atoms with Gasteiger partial charge in [-0.15, -0.1) is 0 Å². The van der Waals surface area contributed by atoms with Crippen molar-refractivity contribution in [2.45, 2.75) is 13.8 Å². The molecule has 0 atom stereocenters. The molecule has 0 radical (unpaired) electrons. The second-order valence-electron chi connectivity index (χ2n) is 4.95. The highest BCUT2D eigenvalue weighted by Crippen LogP contribution is 2.24. The first-order chi connectivity index (χ1) is 11.0. The average molecular weight is 327 g/mol. The second kappa shape index (κ2) is 5.77. The van der Waals surface area contributed by atoms with Crippen molar-refractivity contribution in [3.8, 4) is 0 Å². The van der Waals surface area contributed by atoms with Gasteiger partial charge < -0.3 is 5.11 Å². The molecule has 0 amide bonds. The Hall–Kier alpha value is -2.80. The Morgan fingerprint density at radius 2 is 2.09 bits per heavy atom. The molecule has 3 rings (SSSR count). The molecule has 0 aliphatic carbocycles. The molecule has 1 aromatic carbocycles. The third-order valence-corrected chi connectivity index (χ3v) is 4.36. The maximum atomic E-state index is 12.6. The number of aliphatic hydroxyl groups excluding tert-OH is 1. The van der Waals surface area contributed by atoms with Crippen LogP contribution in [0.3, 0.4) is 0 Å². The first-order valence-electron chi connectivity index (χ1n) is 6.83. The molecule has 116 valence electrons. The van der Waals surface area contributed by atoms with Crippen molar-refractivity contribution in [3.63, 3.8) is 0 Å². The van der Waals surface area contributed by atoms with Crippen LogP contribution in [0.5, 0.6) is 0 Å². The van der Waals surface area contributed by atoms with Gasteiger partial charge in [-0.1, -0.05) is 23.5 Å². The lowest BCUT2D eigenvalue weighted by Crippen LogP contribution is -2.12. The molecule has 0 unspecified atom stereocenters. The lowest BCUT2D eigenvalue weighted by molar-refractivity contribution is -0.113. The SMILES string of the molecule is CC(=O)/C(C=Nc1cnc2sc3ccccc3n2c1=O)=C(\C)O. The number of carbonyl (C=O) groups is 1. The average Bonchev–Trinajstić information content (AvgIpc) is 2.88.